The molecule has 0 aliphatic carbocycles. The highest BCUT2D eigenvalue weighted by Gasteiger charge is 2.18. The normalized spacial score (nSPS) is 19.6. The molecule has 0 saturated carbocycles. The number of anilines is 1. The Bertz CT molecular complexity index is 654. The number of hydrogen-bond donors (Lipinski definition) is 0. The third-order valence-corrected chi connectivity index (χ3v) is 3.39. The fraction of sp³-hybridized carbons (Fsp3) is 0.267. The predicted octanol–water partition coefficient (Wildman–Crippen LogP) is 3.97. The summed E-state index contributed by atoms with van der Waals surface area (Å²) in [5, 5.41) is 3.67. The minimum atomic E-state index is 0.0873. The van der Waals surface area contributed by atoms with Gasteiger partial charge in [0.25, 0.3) is 0 Å². The molecule has 0 spiro atoms. The highest BCUT2D eigenvalue weighted by atomic mass is 35.5. The number of aromatic nitrogens is 1. The van der Waals surface area contributed by atoms with Crippen LogP contribution in [-0.2, 0) is 4.84 Å². The van der Waals surface area contributed by atoms with Crippen LogP contribution in [0.5, 0.6) is 0 Å². The van der Waals surface area contributed by atoms with Gasteiger partial charge in [-0.2, -0.15) is 0 Å². The fourth-order valence-corrected chi connectivity index (χ4v) is 2.58. The predicted molar refractivity (Wildman–Crippen MR) is 78.4 cm³/mol. The molecule has 3 rings (SSSR count). The zero-order valence-corrected chi connectivity index (χ0v) is 11.7. The average molecular weight is 275 g/mol. The van der Waals surface area contributed by atoms with Crippen LogP contribution in [-0.4, -0.2) is 17.6 Å². The summed E-state index contributed by atoms with van der Waals surface area (Å²) in [6, 6.07) is 7.71. The van der Waals surface area contributed by atoms with E-state index in [1.54, 1.807) is 6.20 Å². The van der Waals surface area contributed by atoms with Gasteiger partial charge in [0, 0.05) is 16.6 Å². The quantitative estimate of drug-likeness (QED) is 0.736. The molecule has 1 aromatic carbocycles. The molecule has 1 atom stereocenters. The van der Waals surface area contributed by atoms with Crippen LogP contribution in [0.15, 0.2) is 42.1 Å². The summed E-state index contributed by atoms with van der Waals surface area (Å²) in [7, 11) is 0. The van der Waals surface area contributed by atoms with Gasteiger partial charge in [-0.3, -0.25) is 9.82 Å². The topological polar surface area (TPSA) is 25.4 Å². The van der Waals surface area contributed by atoms with E-state index in [9.17, 15) is 0 Å². The van der Waals surface area contributed by atoms with Crippen molar-refractivity contribution in [2.24, 2.45) is 0 Å². The Hall–Kier alpha value is -1.58. The van der Waals surface area contributed by atoms with E-state index in [0.29, 0.717) is 5.02 Å². The zero-order valence-electron chi connectivity index (χ0n) is 10.9. The standard InChI is InChI=1S/C15H15ClN2O/c1-10-7-11(2)19-18(9-10)15-5-6-17-14-8-12(16)3-4-13(14)15/h3-8,11H,9H2,1-2H3. The van der Waals surface area contributed by atoms with E-state index in [1.807, 2.05) is 36.3 Å². The van der Waals surface area contributed by atoms with Gasteiger partial charge in [-0.15, -0.1) is 0 Å². The molecule has 1 aliphatic rings. The van der Waals surface area contributed by atoms with Crippen LogP contribution in [0.4, 0.5) is 5.69 Å². The molecule has 4 heteroatoms. The van der Waals surface area contributed by atoms with Gasteiger partial charge in [0.1, 0.15) is 6.10 Å². The van der Waals surface area contributed by atoms with Crippen molar-refractivity contribution in [1.82, 2.24) is 4.98 Å². The van der Waals surface area contributed by atoms with Crippen molar-refractivity contribution in [3.63, 3.8) is 0 Å². The highest BCUT2D eigenvalue weighted by molar-refractivity contribution is 6.31. The second kappa shape index (κ2) is 4.83. The second-order valence-corrected chi connectivity index (χ2v) is 5.29. The first-order valence-corrected chi connectivity index (χ1v) is 6.67. The van der Waals surface area contributed by atoms with Crippen LogP contribution in [0.25, 0.3) is 10.9 Å². The molecule has 19 heavy (non-hydrogen) atoms. The van der Waals surface area contributed by atoms with E-state index in [2.05, 4.69) is 18.0 Å². The first-order valence-electron chi connectivity index (χ1n) is 6.29. The van der Waals surface area contributed by atoms with Gasteiger partial charge in [-0.05, 0) is 38.1 Å². The molecule has 1 aromatic heterocycles. The largest absolute Gasteiger partial charge is 0.266 e. The van der Waals surface area contributed by atoms with Crippen molar-refractivity contribution in [2.75, 3.05) is 11.6 Å². The van der Waals surface area contributed by atoms with Crippen molar-refractivity contribution in [2.45, 2.75) is 20.0 Å². The van der Waals surface area contributed by atoms with Crippen LogP contribution in [0, 0.1) is 0 Å². The van der Waals surface area contributed by atoms with Crippen molar-refractivity contribution >= 4 is 28.2 Å². The van der Waals surface area contributed by atoms with E-state index in [4.69, 9.17) is 16.4 Å². The molecule has 0 N–H and O–H groups in total. The molecule has 0 bridgehead atoms. The van der Waals surface area contributed by atoms with Crippen LogP contribution >= 0.6 is 11.6 Å². The summed E-state index contributed by atoms with van der Waals surface area (Å²) in [5.74, 6) is 0. The molecule has 3 nitrogen and oxygen atoms in total. The first kappa shape index (κ1) is 12.5. The molecule has 1 aliphatic heterocycles. The van der Waals surface area contributed by atoms with Gasteiger partial charge >= 0.3 is 0 Å². The number of nitrogens with zero attached hydrogens (tertiary/aromatic N) is 2. The summed E-state index contributed by atoms with van der Waals surface area (Å²) in [5.41, 5.74) is 3.21. The molecule has 0 radical (unpaired) electrons. The summed E-state index contributed by atoms with van der Waals surface area (Å²) >= 11 is 6.01. The maximum Gasteiger partial charge on any atom is 0.101 e. The van der Waals surface area contributed by atoms with Gasteiger partial charge in [0.15, 0.2) is 0 Å². The molecule has 0 amide bonds. The number of rotatable bonds is 1. The lowest BCUT2D eigenvalue weighted by Crippen LogP contribution is -2.33. The lowest BCUT2D eigenvalue weighted by molar-refractivity contribution is 0.0682. The second-order valence-electron chi connectivity index (χ2n) is 4.85. The smallest absolute Gasteiger partial charge is 0.101 e. The molecule has 0 fully saturated rings. The van der Waals surface area contributed by atoms with E-state index in [-0.39, 0.29) is 6.10 Å². The lowest BCUT2D eigenvalue weighted by Gasteiger charge is -2.31. The molecule has 2 aromatic rings. The Balaban J connectivity index is 2.08. The molecular weight excluding hydrogens is 260 g/mol. The van der Waals surface area contributed by atoms with Crippen LogP contribution < -0.4 is 5.06 Å². The van der Waals surface area contributed by atoms with E-state index >= 15 is 0 Å². The maximum atomic E-state index is 6.01. The number of hydroxylamine groups is 1. The van der Waals surface area contributed by atoms with Gasteiger partial charge in [-0.25, -0.2) is 5.06 Å². The Morgan fingerprint density at radius 2 is 2.21 bits per heavy atom. The lowest BCUT2D eigenvalue weighted by atomic mass is 10.1. The molecule has 0 saturated heterocycles. The molecule has 1 unspecified atom stereocenters. The van der Waals surface area contributed by atoms with Crippen molar-refractivity contribution < 1.29 is 4.84 Å². The van der Waals surface area contributed by atoms with Crippen LogP contribution in [0.1, 0.15) is 13.8 Å². The van der Waals surface area contributed by atoms with Crippen LogP contribution in [0.3, 0.4) is 0 Å². The Labute approximate surface area is 117 Å². The van der Waals surface area contributed by atoms with Gasteiger partial charge in [0.2, 0.25) is 0 Å². The van der Waals surface area contributed by atoms with E-state index in [1.165, 1.54) is 5.57 Å². The SMILES string of the molecule is CC1=CC(C)ON(c2ccnc3cc(Cl)ccc23)C1. The summed E-state index contributed by atoms with van der Waals surface area (Å²) in [6.07, 6.45) is 4.01. The van der Waals surface area contributed by atoms with Gasteiger partial charge in [0.05, 0.1) is 17.7 Å². The Morgan fingerprint density at radius 1 is 1.37 bits per heavy atom. The van der Waals surface area contributed by atoms with Crippen molar-refractivity contribution in [3.8, 4) is 0 Å². The highest BCUT2D eigenvalue weighted by Crippen LogP contribution is 2.30. The third kappa shape index (κ3) is 2.44. The monoisotopic (exact) mass is 274 g/mol. The van der Waals surface area contributed by atoms with Crippen molar-refractivity contribution in [3.05, 3.63) is 47.1 Å². The fourth-order valence-electron chi connectivity index (χ4n) is 2.41. The number of fused-ring (bicyclic) bond motifs is 1. The number of pyridine rings is 1. The van der Waals surface area contributed by atoms with E-state index in [0.717, 1.165) is 23.1 Å². The number of halogens is 1. The van der Waals surface area contributed by atoms with Gasteiger partial charge < -0.3 is 0 Å². The third-order valence-electron chi connectivity index (χ3n) is 3.16. The van der Waals surface area contributed by atoms with Gasteiger partial charge in [-0.1, -0.05) is 23.3 Å². The number of benzene rings is 1. The summed E-state index contributed by atoms with van der Waals surface area (Å²) < 4.78 is 0. The van der Waals surface area contributed by atoms with Crippen LogP contribution in [0.2, 0.25) is 5.02 Å². The Morgan fingerprint density at radius 3 is 3.00 bits per heavy atom. The summed E-state index contributed by atoms with van der Waals surface area (Å²) in [6.45, 7) is 4.92. The minimum absolute atomic E-state index is 0.0873. The number of hydrogen-bond acceptors (Lipinski definition) is 3. The minimum Gasteiger partial charge on any atom is -0.266 e. The maximum absolute atomic E-state index is 6.01. The average Bonchev–Trinajstić information content (AvgIpc) is 2.36. The summed E-state index contributed by atoms with van der Waals surface area (Å²) in [4.78, 5) is 10.2. The Kier molecular flexibility index (Phi) is 3.17. The molecule has 98 valence electrons. The molecular formula is C15H15ClN2O. The first-order chi connectivity index (χ1) is 9.13. The zero-order chi connectivity index (χ0) is 13.4. The van der Waals surface area contributed by atoms with Crippen molar-refractivity contribution in [1.29, 1.82) is 0 Å². The molecule has 2 heterocycles. The van der Waals surface area contributed by atoms with E-state index < -0.39 is 0 Å².